The topological polar surface area (TPSA) is 79.7 Å². The number of amides is 3. The van der Waals surface area contributed by atoms with Crippen LogP contribution in [0.15, 0.2) is 18.2 Å². The molecule has 0 radical (unpaired) electrons. The van der Waals surface area contributed by atoms with Gasteiger partial charge < -0.3 is 15.1 Å². The van der Waals surface area contributed by atoms with Gasteiger partial charge in [-0.3, -0.25) is 9.69 Å². The lowest BCUT2D eigenvalue weighted by Gasteiger charge is -2.35. The third-order valence-electron chi connectivity index (χ3n) is 4.82. The number of anilines is 1. The highest BCUT2D eigenvalue weighted by Crippen LogP contribution is 2.20. The van der Waals surface area contributed by atoms with Crippen LogP contribution >= 0.6 is 11.6 Å². The van der Waals surface area contributed by atoms with E-state index in [1.165, 1.54) is 0 Å². The molecule has 0 bridgehead atoms. The van der Waals surface area contributed by atoms with Gasteiger partial charge >= 0.3 is 6.03 Å². The summed E-state index contributed by atoms with van der Waals surface area (Å²) in [6.07, 6.45) is 2.19. The summed E-state index contributed by atoms with van der Waals surface area (Å²) >= 11 is 5.99. The molecule has 0 aromatic heterocycles. The molecule has 3 amide bonds. The molecule has 8 heteroatoms. The van der Waals surface area contributed by atoms with Gasteiger partial charge in [-0.15, -0.1) is 0 Å². The minimum atomic E-state index is -0.198. The van der Waals surface area contributed by atoms with Gasteiger partial charge in [0.1, 0.15) is 6.07 Å². The molecule has 1 N–H and O–H groups in total. The van der Waals surface area contributed by atoms with Crippen molar-refractivity contribution in [3.8, 4) is 6.07 Å². The average molecular weight is 376 g/mol. The Hall–Kier alpha value is -2.30. The minimum absolute atomic E-state index is 0.188. The number of nitrogens with one attached hydrogen (secondary N) is 1. The van der Waals surface area contributed by atoms with Gasteiger partial charge in [0, 0.05) is 45.0 Å². The smallest absolute Gasteiger partial charge is 0.321 e. The highest BCUT2D eigenvalue weighted by atomic mass is 35.5. The molecule has 3 rings (SSSR count). The van der Waals surface area contributed by atoms with Crippen LogP contribution in [0.5, 0.6) is 0 Å². The third kappa shape index (κ3) is 4.45. The number of rotatable bonds is 3. The van der Waals surface area contributed by atoms with Crippen LogP contribution in [0.2, 0.25) is 5.02 Å². The fraction of sp³-hybridized carbons (Fsp3) is 0.500. The number of halogens is 1. The highest BCUT2D eigenvalue weighted by molar-refractivity contribution is 6.32. The van der Waals surface area contributed by atoms with Crippen molar-refractivity contribution in [3.63, 3.8) is 0 Å². The number of benzene rings is 1. The molecule has 0 aliphatic carbocycles. The molecule has 26 heavy (non-hydrogen) atoms. The normalized spacial score (nSPS) is 17.8. The van der Waals surface area contributed by atoms with E-state index in [-0.39, 0.29) is 11.9 Å². The molecule has 0 atom stereocenters. The summed E-state index contributed by atoms with van der Waals surface area (Å²) in [6.45, 7) is 4.68. The van der Waals surface area contributed by atoms with E-state index >= 15 is 0 Å². The Morgan fingerprint density at radius 1 is 1.08 bits per heavy atom. The zero-order valence-electron chi connectivity index (χ0n) is 14.6. The minimum Gasteiger partial charge on any atom is -0.342 e. The summed E-state index contributed by atoms with van der Waals surface area (Å²) in [7, 11) is 0. The van der Waals surface area contributed by atoms with Gasteiger partial charge in [-0.2, -0.15) is 5.26 Å². The number of piperazine rings is 1. The van der Waals surface area contributed by atoms with E-state index in [2.05, 4.69) is 10.2 Å². The molecule has 2 aliphatic rings. The maximum atomic E-state index is 12.4. The quantitative estimate of drug-likeness (QED) is 0.876. The van der Waals surface area contributed by atoms with E-state index in [1.54, 1.807) is 23.1 Å². The molecule has 138 valence electrons. The summed E-state index contributed by atoms with van der Waals surface area (Å²) in [5.74, 6) is 0.188. The van der Waals surface area contributed by atoms with Gasteiger partial charge in [0.05, 0.1) is 17.1 Å². The van der Waals surface area contributed by atoms with Gasteiger partial charge in [0.15, 0.2) is 0 Å². The van der Waals surface area contributed by atoms with Gasteiger partial charge in [0.25, 0.3) is 0 Å². The summed E-state index contributed by atoms with van der Waals surface area (Å²) < 4.78 is 0. The zero-order valence-corrected chi connectivity index (χ0v) is 15.3. The first-order valence-electron chi connectivity index (χ1n) is 8.82. The number of nitrogens with zero attached hydrogens (tertiary/aromatic N) is 4. The Morgan fingerprint density at radius 2 is 1.77 bits per heavy atom. The SMILES string of the molecule is N#Cc1ccc(NC(=O)N2CCN(CC(=O)N3CCCC3)CC2)cc1Cl. The van der Waals surface area contributed by atoms with Crippen molar-refractivity contribution in [1.82, 2.24) is 14.7 Å². The fourth-order valence-electron chi connectivity index (χ4n) is 3.25. The van der Waals surface area contributed by atoms with Crippen molar-refractivity contribution >= 4 is 29.2 Å². The maximum Gasteiger partial charge on any atom is 0.321 e. The maximum absolute atomic E-state index is 12.4. The monoisotopic (exact) mass is 375 g/mol. The van der Waals surface area contributed by atoms with Crippen molar-refractivity contribution in [2.75, 3.05) is 51.1 Å². The standard InChI is InChI=1S/C18H22ClN5O2/c19-16-11-15(4-3-14(16)12-20)21-18(26)24-9-7-22(8-10-24)13-17(25)23-5-1-2-6-23/h3-4,11H,1-2,5-10,13H2,(H,21,26). The molecule has 2 saturated heterocycles. The van der Waals surface area contributed by atoms with Crippen molar-refractivity contribution in [2.45, 2.75) is 12.8 Å². The molecule has 2 heterocycles. The lowest BCUT2D eigenvalue weighted by atomic mass is 10.2. The van der Waals surface area contributed by atoms with E-state index in [1.807, 2.05) is 11.0 Å². The Bertz CT molecular complexity index is 719. The van der Waals surface area contributed by atoms with Crippen LogP contribution in [0.3, 0.4) is 0 Å². The summed E-state index contributed by atoms with van der Waals surface area (Å²) in [5, 5.41) is 12.0. The number of nitriles is 1. The predicted molar refractivity (Wildman–Crippen MR) is 99.0 cm³/mol. The molecule has 2 aliphatic heterocycles. The van der Waals surface area contributed by atoms with E-state index in [9.17, 15) is 9.59 Å². The molecule has 0 unspecified atom stereocenters. The molecule has 2 fully saturated rings. The number of carbonyl (C=O) groups is 2. The van der Waals surface area contributed by atoms with Crippen LogP contribution in [0.25, 0.3) is 0 Å². The average Bonchev–Trinajstić information content (AvgIpc) is 3.17. The van der Waals surface area contributed by atoms with Crippen molar-refractivity contribution < 1.29 is 9.59 Å². The van der Waals surface area contributed by atoms with Gasteiger partial charge in [-0.25, -0.2) is 4.79 Å². The Labute approximate surface area is 158 Å². The second-order valence-electron chi connectivity index (χ2n) is 6.59. The van der Waals surface area contributed by atoms with Gasteiger partial charge in [-0.05, 0) is 31.0 Å². The molecule has 1 aromatic rings. The van der Waals surface area contributed by atoms with Crippen LogP contribution in [0, 0.1) is 11.3 Å². The van der Waals surface area contributed by atoms with E-state index in [4.69, 9.17) is 16.9 Å². The first-order chi connectivity index (χ1) is 12.6. The largest absolute Gasteiger partial charge is 0.342 e. The third-order valence-corrected chi connectivity index (χ3v) is 5.13. The summed E-state index contributed by atoms with van der Waals surface area (Å²) in [5.41, 5.74) is 0.937. The van der Waals surface area contributed by atoms with Crippen LogP contribution in [0.4, 0.5) is 10.5 Å². The van der Waals surface area contributed by atoms with Gasteiger partial charge in [-0.1, -0.05) is 11.6 Å². The highest BCUT2D eigenvalue weighted by Gasteiger charge is 2.25. The van der Waals surface area contributed by atoms with Gasteiger partial charge in [0.2, 0.25) is 5.91 Å². The zero-order chi connectivity index (χ0) is 18.5. The van der Waals surface area contributed by atoms with Crippen molar-refractivity contribution in [2.24, 2.45) is 0 Å². The lowest BCUT2D eigenvalue weighted by Crippen LogP contribution is -2.52. The predicted octanol–water partition coefficient (Wildman–Crippen LogP) is 1.98. The number of likely N-dealkylation sites (tertiary alicyclic amines) is 1. The molecular weight excluding hydrogens is 354 g/mol. The molecule has 7 nitrogen and oxygen atoms in total. The van der Waals surface area contributed by atoms with Crippen molar-refractivity contribution in [3.05, 3.63) is 28.8 Å². The Balaban J connectivity index is 1.46. The first-order valence-corrected chi connectivity index (χ1v) is 9.20. The van der Waals surface area contributed by atoms with E-state index in [0.717, 1.165) is 25.9 Å². The number of carbonyl (C=O) groups excluding carboxylic acids is 2. The van der Waals surface area contributed by atoms with Crippen LogP contribution < -0.4 is 5.32 Å². The Kier molecular flexibility index (Phi) is 5.96. The Morgan fingerprint density at radius 3 is 2.38 bits per heavy atom. The molecular formula is C18H22ClN5O2. The van der Waals surface area contributed by atoms with Crippen LogP contribution in [0.1, 0.15) is 18.4 Å². The number of hydrogen-bond acceptors (Lipinski definition) is 4. The molecule has 0 saturated carbocycles. The van der Waals surface area contributed by atoms with E-state index in [0.29, 0.717) is 49.0 Å². The lowest BCUT2D eigenvalue weighted by molar-refractivity contribution is -0.131. The summed E-state index contributed by atoms with van der Waals surface area (Å²) in [6, 6.07) is 6.61. The number of urea groups is 1. The van der Waals surface area contributed by atoms with Crippen LogP contribution in [-0.2, 0) is 4.79 Å². The van der Waals surface area contributed by atoms with Crippen LogP contribution in [-0.4, -0.2) is 72.5 Å². The second kappa shape index (κ2) is 8.39. The first kappa shape index (κ1) is 18.5. The molecule has 1 aromatic carbocycles. The molecule has 0 spiro atoms. The fourth-order valence-corrected chi connectivity index (χ4v) is 3.48. The summed E-state index contributed by atoms with van der Waals surface area (Å²) in [4.78, 5) is 30.3. The van der Waals surface area contributed by atoms with E-state index < -0.39 is 0 Å². The second-order valence-corrected chi connectivity index (χ2v) is 6.99. The van der Waals surface area contributed by atoms with Crippen molar-refractivity contribution in [1.29, 1.82) is 5.26 Å². The number of hydrogen-bond donors (Lipinski definition) is 1.